The number of anilines is 1. The lowest BCUT2D eigenvalue weighted by Crippen LogP contribution is -2.32. The number of nitrogens with one attached hydrogen (secondary N) is 1. The molecule has 1 aliphatic rings. The number of aryl methyl sites for hydroxylation is 1. The molecule has 1 N–H and O–H groups in total. The maximum absolute atomic E-state index is 14.4. The van der Waals surface area contributed by atoms with E-state index in [4.69, 9.17) is 4.98 Å². The largest absolute Gasteiger partial charge is 0.435 e. The molecule has 208 valence electrons. The van der Waals surface area contributed by atoms with Crippen molar-refractivity contribution in [3.05, 3.63) is 65.3 Å². The molecule has 0 aliphatic carbocycles. The minimum Gasteiger partial charge on any atom is -0.347 e. The molecule has 11 heteroatoms. The van der Waals surface area contributed by atoms with Gasteiger partial charge in [0.05, 0.1) is 15.9 Å². The number of hydrogen-bond donors (Lipinski definition) is 1. The molecule has 6 rings (SSSR count). The van der Waals surface area contributed by atoms with E-state index in [1.807, 2.05) is 47.9 Å². The van der Waals surface area contributed by atoms with Crippen LogP contribution >= 0.6 is 22.7 Å². The molecule has 3 aromatic heterocycles. The SMILES string of the molecule is CCn1cc(/C(=N/Nc2nc3ccccc3s2)C(F)(F)F)c2cc(-c3nc(CN4CCC(C)CC4)cs3)ccc21. The number of rotatable bonds is 7. The minimum atomic E-state index is -4.67. The Labute approximate surface area is 238 Å². The fraction of sp³-hybridized carbons (Fsp3) is 0.345. The Balaban J connectivity index is 1.34. The summed E-state index contributed by atoms with van der Waals surface area (Å²) in [6, 6.07) is 13.0. The standard InChI is InChI=1S/C29H29F3N6S2/c1-3-38-16-22(26(29(30,31)32)35-36-28-34-23-6-4-5-7-25(23)40-28)21-14-19(8-9-24(21)38)27-33-20(17-39-27)15-37-12-10-18(2)11-13-37/h4-9,14,16-18H,3,10-13,15H2,1-2H3,(H,34,36)/b35-26-. The lowest BCUT2D eigenvalue weighted by molar-refractivity contribution is -0.0580. The van der Waals surface area contributed by atoms with Crippen LogP contribution < -0.4 is 5.43 Å². The first-order chi connectivity index (χ1) is 19.3. The fourth-order valence-corrected chi connectivity index (χ4v) is 6.76. The average molecular weight is 583 g/mol. The highest BCUT2D eigenvalue weighted by Crippen LogP contribution is 2.34. The molecule has 0 atom stereocenters. The summed E-state index contributed by atoms with van der Waals surface area (Å²) >= 11 is 2.79. The number of nitrogens with zero attached hydrogens (tertiary/aromatic N) is 5. The Morgan fingerprint density at radius 3 is 2.67 bits per heavy atom. The number of piperidine rings is 1. The lowest BCUT2D eigenvalue weighted by atomic mass is 9.99. The van der Waals surface area contributed by atoms with Gasteiger partial charge >= 0.3 is 6.18 Å². The number of fused-ring (bicyclic) bond motifs is 2. The van der Waals surface area contributed by atoms with Gasteiger partial charge in [-0.25, -0.2) is 9.97 Å². The molecule has 1 saturated heterocycles. The third-order valence-corrected chi connectivity index (χ3v) is 9.24. The molecule has 6 nitrogen and oxygen atoms in total. The van der Waals surface area contributed by atoms with Crippen molar-refractivity contribution in [2.75, 3.05) is 18.5 Å². The molecule has 0 amide bonds. The second-order valence-corrected chi connectivity index (χ2v) is 12.1. The van der Waals surface area contributed by atoms with E-state index >= 15 is 0 Å². The smallest absolute Gasteiger partial charge is 0.347 e. The van der Waals surface area contributed by atoms with E-state index in [1.165, 1.54) is 41.7 Å². The van der Waals surface area contributed by atoms with Gasteiger partial charge in [0.25, 0.3) is 0 Å². The van der Waals surface area contributed by atoms with Crippen LogP contribution in [0.5, 0.6) is 0 Å². The Hall–Kier alpha value is -3.28. The van der Waals surface area contributed by atoms with Crippen LogP contribution in [0.1, 0.15) is 37.9 Å². The molecule has 40 heavy (non-hydrogen) atoms. The van der Waals surface area contributed by atoms with Crippen LogP contribution in [-0.2, 0) is 13.1 Å². The summed E-state index contributed by atoms with van der Waals surface area (Å²) in [5, 5.41) is 7.52. The molecule has 0 spiro atoms. The molecule has 1 aliphatic heterocycles. The summed E-state index contributed by atoms with van der Waals surface area (Å²) in [6.07, 6.45) is -0.748. The Morgan fingerprint density at radius 1 is 1.12 bits per heavy atom. The number of para-hydroxylation sites is 1. The van der Waals surface area contributed by atoms with Gasteiger partial charge in [-0.15, -0.1) is 11.3 Å². The molecule has 0 saturated carbocycles. The number of halogens is 3. The predicted octanol–water partition coefficient (Wildman–Crippen LogP) is 8.00. The highest BCUT2D eigenvalue weighted by atomic mass is 32.1. The van der Waals surface area contributed by atoms with Gasteiger partial charge < -0.3 is 4.57 Å². The minimum absolute atomic E-state index is 0.0269. The van der Waals surface area contributed by atoms with Crippen molar-refractivity contribution in [1.29, 1.82) is 0 Å². The van der Waals surface area contributed by atoms with Crippen molar-refractivity contribution in [1.82, 2.24) is 19.4 Å². The van der Waals surface area contributed by atoms with Gasteiger partial charge in [-0.2, -0.15) is 18.3 Å². The van der Waals surface area contributed by atoms with Crippen molar-refractivity contribution in [3.63, 3.8) is 0 Å². The quantitative estimate of drug-likeness (QED) is 0.156. The van der Waals surface area contributed by atoms with E-state index in [9.17, 15) is 13.2 Å². The van der Waals surface area contributed by atoms with Gasteiger partial charge in [0.15, 0.2) is 5.71 Å². The van der Waals surface area contributed by atoms with E-state index in [2.05, 4.69) is 32.7 Å². The molecule has 4 heterocycles. The maximum Gasteiger partial charge on any atom is 0.435 e. The van der Waals surface area contributed by atoms with Crippen LogP contribution in [0, 0.1) is 5.92 Å². The summed E-state index contributed by atoms with van der Waals surface area (Å²) in [6.45, 7) is 7.67. The van der Waals surface area contributed by atoms with Crippen molar-refractivity contribution in [2.45, 2.75) is 46.0 Å². The van der Waals surface area contributed by atoms with E-state index in [0.717, 1.165) is 52.0 Å². The van der Waals surface area contributed by atoms with Crippen LogP contribution in [-0.4, -0.2) is 44.4 Å². The van der Waals surface area contributed by atoms with Gasteiger partial charge in [0.2, 0.25) is 5.13 Å². The van der Waals surface area contributed by atoms with E-state index < -0.39 is 11.9 Å². The molecular formula is C29H29F3N6S2. The monoisotopic (exact) mass is 582 g/mol. The van der Waals surface area contributed by atoms with E-state index in [0.29, 0.717) is 22.6 Å². The average Bonchev–Trinajstić information content (AvgIpc) is 3.66. The molecule has 0 radical (unpaired) electrons. The van der Waals surface area contributed by atoms with Crippen molar-refractivity contribution >= 4 is 54.6 Å². The first kappa shape index (κ1) is 26.9. The second kappa shape index (κ2) is 10.9. The number of benzene rings is 2. The summed E-state index contributed by atoms with van der Waals surface area (Å²) in [7, 11) is 0. The highest BCUT2D eigenvalue weighted by molar-refractivity contribution is 7.22. The number of alkyl halides is 3. The first-order valence-corrected chi connectivity index (χ1v) is 15.0. The Kier molecular flexibility index (Phi) is 7.37. The summed E-state index contributed by atoms with van der Waals surface area (Å²) in [5.41, 5.74) is 4.84. The van der Waals surface area contributed by atoms with E-state index in [-0.39, 0.29) is 5.56 Å². The number of hydrazone groups is 1. The van der Waals surface area contributed by atoms with Crippen LogP contribution in [0.15, 0.2) is 59.1 Å². The maximum atomic E-state index is 14.4. The zero-order valence-corrected chi connectivity index (χ0v) is 23.8. The topological polar surface area (TPSA) is 58.3 Å². The Morgan fingerprint density at radius 2 is 1.93 bits per heavy atom. The van der Waals surface area contributed by atoms with Gasteiger partial charge in [-0.3, -0.25) is 10.3 Å². The van der Waals surface area contributed by atoms with Crippen LogP contribution in [0.2, 0.25) is 0 Å². The third kappa shape index (κ3) is 5.50. The van der Waals surface area contributed by atoms with Gasteiger partial charge in [0, 0.05) is 46.7 Å². The number of hydrogen-bond acceptors (Lipinski definition) is 7. The zero-order valence-electron chi connectivity index (χ0n) is 22.2. The van der Waals surface area contributed by atoms with Gasteiger partial charge in [-0.1, -0.05) is 30.4 Å². The molecular weight excluding hydrogens is 553 g/mol. The summed E-state index contributed by atoms with van der Waals surface area (Å²) in [5.74, 6) is 0.764. The van der Waals surface area contributed by atoms with Crippen molar-refractivity contribution < 1.29 is 13.2 Å². The number of thiazole rings is 2. The Bertz CT molecular complexity index is 1640. The third-order valence-electron chi connectivity index (χ3n) is 7.36. The van der Waals surface area contributed by atoms with Crippen LogP contribution in [0.4, 0.5) is 18.3 Å². The summed E-state index contributed by atoms with van der Waals surface area (Å²) in [4.78, 5) is 11.6. The predicted molar refractivity (Wildman–Crippen MR) is 158 cm³/mol. The number of aromatic nitrogens is 3. The molecule has 2 aromatic carbocycles. The molecule has 5 aromatic rings. The normalized spacial score (nSPS) is 15.9. The highest BCUT2D eigenvalue weighted by Gasteiger charge is 2.39. The second-order valence-electron chi connectivity index (χ2n) is 10.2. The van der Waals surface area contributed by atoms with Gasteiger partial charge in [0.1, 0.15) is 5.01 Å². The zero-order chi connectivity index (χ0) is 27.9. The molecule has 1 fully saturated rings. The molecule has 0 bridgehead atoms. The van der Waals surface area contributed by atoms with Crippen LogP contribution in [0.25, 0.3) is 31.7 Å². The lowest BCUT2D eigenvalue weighted by Gasteiger charge is -2.29. The van der Waals surface area contributed by atoms with Crippen molar-refractivity contribution in [2.24, 2.45) is 11.0 Å². The van der Waals surface area contributed by atoms with Crippen molar-refractivity contribution in [3.8, 4) is 10.6 Å². The number of likely N-dealkylation sites (tertiary alicyclic amines) is 1. The summed E-state index contributed by atoms with van der Waals surface area (Å²) < 4.78 is 45.9. The first-order valence-electron chi connectivity index (χ1n) is 13.4. The fourth-order valence-electron chi connectivity index (χ4n) is 5.14. The van der Waals surface area contributed by atoms with Gasteiger partial charge in [-0.05, 0) is 69.1 Å². The van der Waals surface area contributed by atoms with Crippen LogP contribution in [0.3, 0.4) is 0 Å². The molecule has 0 unspecified atom stereocenters. The van der Waals surface area contributed by atoms with E-state index in [1.54, 1.807) is 6.07 Å².